The van der Waals surface area contributed by atoms with Gasteiger partial charge in [0.25, 0.3) is 5.91 Å². The van der Waals surface area contributed by atoms with Crippen LogP contribution in [0.25, 0.3) is 16.9 Å². The third-order valence-electron chi connectivity index (χ3n) is 5.26. The maximum absolute atomic E-state index is 13.0. The molecule has 31 heavy (non-hydrogen) atoms. The molecule has 1 N–H and O–H groups in total. The lowest BCUT2D eigenvalue weighted by Gasteiger charge is -2.16. The van der Waals surface area contributed by atoms with Gasteiger partial charge in [0.15, 0.2) is 5.65 Å². The fourth-order valence-electron chi connectivity index (χ4n) is 3.60. The molecule has 1 unspecified atom stereocenters. The van der Waals surface area contributed by atoms with Crippen molar-refractivity contribution in [2.45, 2.75) is 32.4 Å². The number of aryl methyl sites for hydroxylation is 1. The average Bonchev–Trinajstić information content (AvgIpc) is 3.24. The first-order valence-corrected chi connectivity index (χ1v) is 10.4. The summed E-state index contributed by atoms with van der Waals surface area (Å²) in [6, 6.07) is 22.1. The lowest BCUT2D eigenvalue weighted by Crippen LogP contribution is -2.34. The Morgan fingerprint density at radius 2 is 1.81 bits per heavy atom. The molecule has 0 fully saturated rings. The first kappa shape index (κ1) is 20.8. The summed E-state index contributed by atoms with van der Waals surface area (Å²) in [6.45, 7) is 2.28. The molecule has 6 nitrogen and oxygen atoms in total. The van der Waals surface area contributed by atoms with Crippen molar-refractivity contribution in [3.05, 3.63) is 89.7 Å². The number of benzene rings is 2. The van der Waals surface area contributed by atoms with E-state index in [0.29, 0.717) is 16.9 Å². The van der Waals surface area contributed by atoms with Gasteiger partial charge in [-0.3, -0.25) is 4.79 Å². The van der Waals surface area contributed by atoms with E-state index in [1.54, 1.807) is 17.8 Å². The van der Waals surface area contributed by atoms with E-state index >= 15 is 0 Å². The highest BCUT2D eigenvalue weighted by molar-refractivity contribution is 5.95. The highest BCUT2D eigenvalue weighted by atomic mass is 16.5. The molecule has 0 aliphatic carbocycles. The van der Waals surface area contributed by atoms with E-state index in [1.807, 2.05) is 61.5 Å². The number of nitrogens with one attached hydrogen (secondary N) is 1. The van der Waals surface area contributed by atoms with E-state index in [1.165, 1.54) is 5.56 Å². The smallest absolute Gasteiger partial charge is 0.255 e. The van der Waals surface area contributed by atoms with Crippen molar-refractivity contribution in [2.75, 3.05) is 7.11 Å². The molecule has 1 amide bonds. The van der Waals surface area contributed by atoms with E-state index in [0.717, 1.165) is 24.1 Å². The lowest BCUT2D eigenvalue weighted by molar-refractivity contribution is 0.0931. The van der Waals surface area contributed by atoms with E-state index < -0.39 is 0 Å². The van der Waals surface area contributed by atoms with Crippen molar-refractivity contribution in [1.29, 1.82) is 0 Å². The molecule has 0 spiro atoms. The van der Waals surface area contributed by atoms with Crippen LogP contribution in [-0.4, -0.2) is 33.7 Å². The van der Waals surface area contributed by atoms with Crippen molar-refractivity contribution in [1.82, 2.24) is 19.9 Å². The molecule has 2 aromatic carbocycles. The minimum absolute atomic E-state index is 0.0244. The molecular weight excluding hydrogens is 388 g/mol. The predicted molar refractivity (Wildman–Crippen MR) is 121 cm³/mol. The van der Waals surface area contributed by atoms with Crippen LogP contribution in [0.2, 0.25) is 0 Å². The zero-order chi connectivity index (χ0) is 21.6. The van der Waals surface area contributed by atoms with Gasteiger partial charge < -0.3 is 10.1 Å². The van der Waals surface area contributed by atoms with Crippen LogP contribution in [0.3, 0.4) is 0 Å². The quantitative estimate of drug-likeness (QED) is 0.467. The highest BCUT2D eigenvalue weighted by Gasteiger charge is 2.19. The van der Waals surface area contributed by atoms with Gasteiger partial charge in [0.1, 0.15) is 0 Å². The summed E-state index contributed by atoms with van der Waals surface area (Å²) in [6.07, 6.45) is 3.37. The largest absolute Gasteiger partial charge is 0.378 e. The van der Waals surface area contributed by atoms with Gasteiger partial charge in [0, 0.05) is 31.0 Å². The number of carbonyl (C=O) groups excluding carboxylic acids is 1. The highest BCUT2D eigenvalue weighted by Crippen LogP contribution is 2.21. The van der Waals surface area contributed by atoms with Crippen molar-refractivity contribution >= 4 is 11.6 Å². The van der Waals surface area contributed by atoms with E-state index in [2.05, 4.69) is 22.4 Å². The topological polar surface area (TPSA) is 68.5 Å². The number of fused-ring (bicyclic) bond motifs is 1. The number of hydrogen-bond acceptors (Lipinski definition) is 4. The maximum atomic E-state index is 13.0. The van der Waals surface area contributed by atoms with Gasteiger partial charge in [0.05, 0.1) is 23.6 Å². The third kappa shape index (κ3) is 4.81. The van der Waals surface area contributed by atoms with Crippen LogP contribution in [0.4, 0.5) is 0 Å². The van der Waals surface area contributed by atoms with Crippen molar-refractivity contribution < 1.29 is 9.53 Å². The van der Waals surface area contributed by atoms with Crippen LogP contribution in [0.5, 0.6) is 0 Å². The number of rotatable bonds is 8. The van der Waals surface area contributed by atoms with Crippen LogP contribution in [0, 0.1) is 0 Å². The molecule has 0 bridgehead atoms. The van der Waals surface area contributed by atoms with Gasteiger partial charge >= 0.3 is 0 Å². The summed E-state index contributed by atoms with van der Waals surface area (Å²) in [5.41, 5.74) is 4.90. The summed E-state index contributed by atoms with van der Waals surface area (Å²) in [4.78, 5) is 17.5. The number of methoxy groups -OCH3 is 1. The molecule has 4 rings (SSSR count). The van der Waals surface area contributed by atoms with E-state index in [9.17, 15) is 4.79 Å². The first-order chi connectivity index (χ1) is 15.2. The van der Waals surface area contributed by atoms with E-state index in [4.69, 9.17) is 9.84 Å². The van der Waals surface area contributed by atoms with Gasteiger partial charge in [-0.05, 0) is 25.3 Å². The third-order valence-corrected chi connectivity index (χ3v) is 5.26. The van der Waals surface area contributed by atoms with Gasteiger partial charge in [-0.1, -0.05) is 60.7 Å². The zero-order valence-corrected chi connectivity index (χ0v) is 17.8. The Morgan fingerprint density at radius 1 is 1.10 bits per heavy atom. The molecule has 1 atom stereocenters. The Labute approximate surface area is 181 Å². The predicted octanol–water partition coefficient (Wildman–Crippen LogP) is 4.29. The Hall–Kier alpha value is -3.51. The second-order valence-corrected chi connectivity index (χ2v) is 7.62. The van der Waals surface area contributed by atoms with Crippen LogP contribution in [0.1, 0.15) is 35.0 Å². The lowest BCUT2D eigenvalue weighted by atomic mass is 10.1. The number of amides is 1. The summed E-state index contributed by atoms with van der Waals surface area (Å²) >= 11 is 0. The first-order valence-electron chi connectivity index (χ1n) is 10.4. The molecule has 158 valence electrons. The molecular formula is C25H26N4O2. The van der Waals surface area contributed by atoms with Crippen molar-refractivity contribution in [3.8, 4) is 11.3 Å². The normalized spacial score (nSPS) is 12.1. The molecule has 0 aliphatic rings. The van der Waals surface area contributed by atoms with Crippen LogP contribution in [0.15, 0.2) is 72.9 Å². The van der Waals surface area contributed by atoms with Crippen molar-refractivity contribution in [3.63, 3.8) is 0 Å². The van der Waals surface area contributed by atoms with Crippen molar-refractivity contribution in [2.24, 2.45) is 0 Å². The van der Waals surface area contributed by atoms with Crippen LogP contribution >= 0.6 is 0 Å². The fraction of sp³-hybridized carbons (Fsp3) is 0.240. The second kappa shape index (κ2) is 9.53. The minimum atomic E-state index is -0.168. The molecule has 6 heteroatoms. The molecule has 0 aliphatic heterocycles. The van der Waals surface area contributed by atoms with Gasteiger partial charge in [-0.25, -0.2) is 9.50 Å². The Morgan fingerprint density at radius 3 is 2.52 bits per heavy atom. The number of carbonyl (C=O) groups is 1. The van der Waals surface area contributed by atoms with Crippen LogP contribution in [-0.2, 0) is 17.8 Å². The van der Waals surface area contributed by atoms with Gasteiger partial charge in [0.2, 0.25) is 0 Å². The monoisotopic (exact) mass is 414 g/mol. The Balaban J connectivity index is 1.55. The molecule has 0 saturated heterocycles. The van der Waals surface area contributed by atoms with Gasteiger partial charge in [-0.2, -0.15) is 5.10 Å². The van der Waals surface area contributed by atoms with E-state index in [-0.39, 0.29) is 18.6 Å². The molecule has 0 radical (unpaired) electrons. The average molecular weight is 415 g/mol. The second-order valence-electron chi connectivity index (χ2n) is 7.62. The number of ether oxygens (including phenoxy) is 1. The maximum Gasteiger partial charge on any atom is 0.255 e. The van der Waals surface area contributed by atoms with Crippen LogP contribution < -0.4 is 5.32 Å². The minimum Gasteiger partial charge on any atom is -0.378 e. The standard InChI is InChI=1S/C25H26N4O2/c1-18(13-14-19-9-5-3-6-10-19)27-25(30)21-16-26-24-15-22(20-11-7-4-8-12-20)28-29(24)23(21)17-31-2/h3-12,15-16,18H,13-14,17H2,1-2H3,(H,27,30). The molecule has 4 aromatic rings. The Bertz CT molecular complexity index is 1160. The van der Waals surface area contributed by atoms with Gasteiger partial charge in [-0.15, -0.1) is 0 Å². The molecule has 2 aromatic heterocycles. The summed E-state index contributed by atoms with van der Waals surface area (Å²) < 4.78 is 7.09. The number of hydrogen-bond donors (Lipinski definition) is 1. The Kier molecular flexibility index (Phi) is 6.38. The molecule has 0 saturated carbocycles. The summed E-state index contributed by atoms with van der Waals surface area (Å²) in [5, 5.41) is 7.79. The molecule has 2 heterocycles. The number of nitrogens with zero attached hydrogens (tertiary/aromatic N) is 3. The summed E-state index contributed by atoms with van der Waals surface area (Å²) in [5.74, 6) is -0.168. The number of aromatic nitrogens is 3. The fourth-order valence-corrected chi connectivity index (χ4v) is 3.60. The summed E-state index contributed by atoms with van der Waals surface area (Å²) in [7, 11) is 1.61. The SMILES string of the molecule is COCc1c(C(=O)NC(C)CCc2ccccc2)cnc2cc(-c3ccccc3)nn12. The zero-order valence-electron chi connectivity index (χ0n) is 17.8.